The minimum absolute atomic E-state index is 0.112. The molecular weight excluding hydrogens is 390 g/mol. The number of hydrogen-bond donors (Lipinski definition) is 1. The highest BCUT2D eigenvalue weighted by molar-refractivity contribution is 5.94. The molecule has 1 aliphatic rings. The van der Waals surface area contributed by atoms with E-state index in [1.807, 2.05) is 53.3 Å². The van der Waals surface area contributed by atoms with Gasteiger partial charge in [0.15, 0.2) is 0 Å². The maximum atomic E-state index is 12.7. The Hall–Kier alpha value is -4.00. The molecule has 154 valence electrons. The number of aromatic nitrogens is 4. The van der Waals surface area contributed by atoms with Crippen molar-refractivity contribution in [1.29, 1.82) is 0 Å². The van der Waals surface area contributed by atoms with Gasteiger partial charge in [0.2, 0.25) is 0 Å². The van der Waals surface area contributed by atoms with Gasteiger partial charge in [-0.15, -0.1) is 0 Å². The second kappa shape index (κ2) is 8.39. The van der Waals surface area contributed by atoms with Crippen molar-refractivity contribution in [2.45, 2.75) is 19.1 Å². The summed E-state index contributed by atoms with van der Waals surface area (Å²) in [5.41, 5.74) is 4.66. The summed E-state index contributed by atoms with van der Waals surface area (Å²) in [6, 6.07) is 15.6. The van der Waals surface area contributed by atoms with Crippen LogP contribution in [0.1, 0.15) is 21.5 Å². The number of nitrogens with one attached hydrogen (secondary N) is 1. The molecule has 0 radical (unpaired) electrons. The van der Waals surface area contributed by atoms with Crippen LogP contribution >= 0.6 is 0 Å². The SMILES string of the molecule is O=C(NCC1Cc2cccc(-c3cncnc3)c2O1)c1cccc(Cn2cccn2)c1. The molecule has 1 N–H and O–H groups in total. The predicted molar refractivity (Wildman–Crippen MR) is 116 cm³/mol. The molecule has 1 atom stereocenters. The first kappa shape index (κ1) is 19.0. The van der Waals surface area contributed by atoms with E-state index in [9.17, 15) is 4.79 Å². The lowest BCUT2D eigenvalue weighted by atomic mass is 10.0. The van der Waals surface area contributed by atoms with Gasteiger partial charge in [0.1, 0.15) is 18.2 Å². The van der Waals surface area contributed by atoms with Crippen molar-refractivity contribution in [3.63, 3.8) is 0 Å². The number of nitrogens with zero attached hydrogens (tertiary/aromatic N) is 4. The van der Waals surface area contributed by atoms with Gasteiger partial charge in [0.25, 0.3) is 5.91 Å². The molecule has 2 aromatic carbocycles. The Morgan fingerprint density at radius 1 is 1.13 bits per heavy atom. The first-order valence-electron chi connectivity index (χ1n) is 10.1. The van der Waals surface area contributed by atoms with Crippen LogP contribution in [0.5, 0.6) is 5.75 Å². The quantitative estimate of drug-likeness (QED) is 0.527. The van der Waals surface area contributed by atoms with Gasteiger partial charge in [-0.3, -0.25) is 9.48 Å². The Labute approximate surface area is 179 Å². The van der Waals surface area contributed by atoms with Crippen molar-refractivity contribution in [2.75, 3.05) is 6.54 Å². The summed E-state index contributed by atoms with van der Waals surface area (Å²) >= 11 is 0. The number of carbonyl (C=O) groups excluding carboxylic acids is 1. The largest absolute Gasteiger partial charge is 0.487 e. The van der Waals surface area contributed by atoms with Crippen LogP contribution in [0.4, 0.5) is 0 Å². The zero-order chi connectivity index (χ0) is 21.0. The third kappa shape index (κ3) is 4.16. The third-order valence-corrected chi connectivity index (χ3v) is 5.28. The Morgan fingerprint density at radius 3 is 2.84 bits per heavy atom. The van der Waals surface area contributed by atoms with E-state index < -0.39 is 0 Å². The van der Waals surface area contributed by atoms with E-state index in [1.165, 1.54) is 6.33 Å². The van der Waals surface area contributed by atoms with Crippen molar-refractivity contribution in [3.8, 4) is 16.9 Å². The van der Waals surface area contributed by atoms with Gasteiger partial charge >= 0.3 is 0 Å². The minimum atomic E-state index is -0.114. The maximum Gasteiger partial charge on any atom is 0.251 e. The molecule has 7 nitrogen and oxygen atoms in total. The number of para-hydroxylation sites is 1. The maximum absolute atomic E-state index is 12.7. The smallest absolute Gasteiger partial charge is 0.251 e. The number of ether oxygens (including phenoxy) is 1. The standard InChI is InChI=1S/C24H21N5O2/c30-24(19-6-1-4-17(10-19)15-29-9-3-8-28-29)27-14-21-11-18-5-2-7-22(23(18)31-21)20-12-25-16-26-13-20/h1-10,12-13,16,21H,11,14-15H2,(H,27,30). The van der Waals surface area contributed by atoms with Crippen molar-refractivity contribution >= 4 is 5.91 Å². The summed E-state index contributed by atoms with van der Waals surface area (Å²) in [4.78, 5) is 20.9. The molecule has 0 spiro atoms. The second-order valence-electron chi connectivity index (χ2n) is 7.48. The molecule has 2 aromatic heterocycles. The van der Waals surface area contributed by atoms with Crippen LogP contribution in [0.2, 0.25) is 0 Å². The number of carbonyl (C=O) groups is 1. The van der Waals surface area contributed by atoms with Crippen LogP contribution < -0.4 is 10.1 Å². The van der Waals surface area contributed by atoms with E-state index in [0.717, 1.165) is 34.4 Å². The monoisotopic (exact) mass is 411 g/mol. The van der Waals surface area contributed by atoms with Crippen molar-refractivity contribution in [1.82, 2.24) is 25.1 Å². The fraction of sp³-hybridized carbons (Fsp3) is 0.167. The van der Waals surface area contributed by atoms with Crippen molar-refractivity contribution in [3.05, 3.63) is 96.3 Å². The zero-order valence-electron chi connectivity index (χ0n) is 16.8. The molecule has 0 fully saturated rings. The zero-order valence-corrected chi connectivity index (χ0v) is 16.8. The Kier molecular flexibility index (Phi) is 5.14. The van der Waals surface area contributed by atoms with E-state index in [1.54, 1.807) is 18.6 Å². The number of benzene rings is 2. The molecule has 0 bridgehead atoms. The average molecular weight is 411 g/mol. The predicted octanol–water partition coefficient (Wildman–Crippen LogP) is 3.12. The molecule has 1 unspecified atom stereocenters. The summed E-state index contributed by atoms with van der Waals surface area (Å²) in [5, 5.41) is 7.23. The summed E-state index contributed by atoms with van der Waals surface area (Å²) in [6.45, 7) is 1.06. The average Bonchev–Trinajstić information content (AvgIpc) is 3.47. The van der Waals surface area contributed by atoms with Gasteiger partial charge in [-0.25, -0.2) is 9.97 Å². The molecule has 3 heterocycles. The molecule has 5 rings (SSSR count). The third-order valence-electron chi connectivity index (χ3n) is 5.28. The van der Waals surface area contributed by atoms with Crippen molar-refractivity contribution in [2.24, 2.45) is 0 Å². The van der Waals surface area contributed by atoms with Gasteiger partial charge in [0.05, 0.1) is 13.1 Å². The van der Waals surface area contributed by atoms with Crippen LogP contribution in [-0.2, 0) is 13.0 Å². The number of hydrogen-bond acceptors (Lipinski definition) is 5. The molecule has 4 aromatic rings. The first-order chi connectivity index (χ1) is 15.3. The van der Waals surface area contributed by atoms with E-state index >= 15 is 0 Å². The van der Waals surface area contributed by atoms with Gasteiger partial charge < -0.3 is 10.1 Å². The van der Waals surface area contributed by atoms with Crippen molar-refractivity contribution < 1.29 is 9.53 Å². The second-order valence-corrected chi connectivity index (χ2v) is 7.48. The van der Waals surface area contributed by atoms with E-state index in [2.05, 4.69) is 26.4 Å². The highest BCUT2D eigenvalue weighted by Crippen LogP contribution is 2.38. The van der Waals surface area contributed by atoms with Gasteiger partial charge in [0, 0.05) is 47.9 Å². The highest BCUT2D eigenvalue weighted by atomic mass is 16.5. The number of amides is 1. The van der Waals surface area contributed by atoms with E-state index in [0.29, 0.717) is 18.7 Å². The summed E-state index contributed by atoms with van der Waals surface area (Å²) < 4.78 is 8.02. The van der Waals surface area contributed by atoms with Crippen LogP contribution in [0.3, 0.4) is 0 Å². The normalized spacial score (nSPS) is 14.6. The fourth-order valence-corrected chi connectivity index (χ4v) is 3.82. The van der Waals surface area contributed by atoms with E-state index in [4.69, 9.17) is 4.74 Å². The first-order valence-corrected chi connectivity index (χ1v) is 10.1. The molecular formula is C24H21N5O2. The van der Waals surface area contributed by atoms with Crippen LogP contribution in [-0.4, -0.2) is 38.3 Å². The van der Waals surface area contributed by atoms with Crippen LogP contribution in [0, 0.1) is 0 Å². The fourth-order valence-electron chi connectivity index (χ4n) is 3.82. The minimum Gasteiger partial charge on any atom is -0.487 e. The van der Waals surface area contributed by atoms with Gasteiger partial charge in [-0.1, -0.05) is 30.3 Å². The lowest BCUT2D eigenvalue weighted by molar-refractivity contribution is 0.0933. The molecule has 0 aliphatic carbocycles. The Bertz CT molecular complexity index is 1190. The Morgan fingerprint density at radius 2 is 2.00 bits per heavy atom. The lowest BCUT2D eigenvalue weighted by Gasteiger charge is -2.14. The number of fused-ring (bicyclic) bond motifs is 1. The molecule has 1 amide bonds. The van der Waals surface area contributed by atoms with Gasteiger partial charge in [-0.05, 0) is 29.3 Å². The molecule has 0 saturated heterocycles. The highest BCUT2D eigenvalue weighted by Gasteiger charge is 2.26. The van der Waals surface area contributed by atoms with Crippen LogP contribution in [0.25, 0.3) is 11.1 Å². The Balaban J connectivity index is 1.23. The lowest BCUT2D eigenvalue weighted by Crippen LogP contribution is -2.34. The topological polar surface area (TPSA) is 81.9 Å². The molecule has 1 aliphatic heterocycles. The summed E-state index contributed by atoms with van der Waals surface area (Å²) in [5.74, 6) is 0.733. The number of rotatable bonds is 6. The molecule has 31 heavy (non-hydrogen) atoms. The summed E-state index contributed by atoms with van der Waals surface area (Å²) in [6.07, 6.45) is 9.34. The van der Waals surface area contributed by atoms with E-state index in [-0.39, 0.29) is 12.0 Å². The van der Waals surface area contributed by atoms with Gasteiger partial charge in [-0.2, -0.15) is 5.10 Å². The molecule has 0 saturated carbocycles. The summed E-state index contributed by atoms with van der Waals surface area (Å²) in [7, 11) is 0. The molecule has 7 heteroatoms. The van der Waals surface area contributed by atoms with Crippen LogP contribution in [0.15, 0.2) is 79.6 Å².